The van der Waals surface area contributed by atoms with Crippen molar-refractivity contribution < 1.29 is 42.9 Å². The number of unbranched alkanes of at least 4 members (excludes halogenated alkanes) is 17. The van der Waals surface area contributed by atoms with Crippen molar-refractivity contribution in [1.82, 2.24) is 0 Å². The van der Waals surface area contributed by atoms with Crippen LogP contribution >= 0.6 is 0 Å². The number of quaternary nitrogens is 1. The molecule has 0 radical (unpaired) electrons. The van der Waals surface area contributed by atoms with Gasteiger partial charge in [-0.25, -0.2) is 4.79 Å². The number of likely N-dealkylation sites (N-methyl/N-ethyl adjacent to an activating group) is 1. The molecule has 9 nitrogen and oxygen atoms in total. The van der Waals surface area contributed by atoms with Crippen LogP contribution in [0.2, 0.25) is 0 Å². The van der Waals surface area contributed by atoms with Crippen LogP contribution in [-0.4, -0.2) is 87.4 Å². The van der Waals surface area contributed by atoms with Crippen LogP contribution in [-0.2, 0) is 33.3 Å². The zero-order valence-corrected chi connectivity index (χ0v) is 60.7. The first-order chi connectivity index (χ1) is 46.6. The number of allylic oxidation sites excluding steroid dienone is 34. The molecule has 0 fully saturated rings. The molecule has 95 heavy (non-hydrogen) atoms. The number of ether oxygens (including phenoxy) is 4. The van der Waals surface area contributed by atoms with Crippen molar-refractivity contribution in [1.29, 1.82) is 0 Å². The lowest BCUT2D eigenvalue weighted by atomic mass is 10.0. The van der Waals surface area contributed by atoms with Crippen LogP contribution in [0.5, 0.6) is 0 Å². The summed E-state index contributed by atoms with van der Waals surface area (Å²) in [5.74, 6) is -2.08. The molecule has 2 atom stereocenters. The van der Waals surface area contributed by atoms with E-state index in [9.17, 15) is 19.5 Å². The summed E-state index contributed by atoms with van der Waals surface area (Å²) in [5.41, 5.74) is 0. The number of hydrogen-bond donors (Lipinski definition) is 1. The molecule has 0 bridgehead atoms. The summed E-state index contributed by atoms with van der Waals surface area (Å²) >= 11 is 0. The van der Waals surface area contributed by atoms with Gasteiger partial charge in [0.15, 0.2) is 6.10 Å². The Bertz CT molecular complexity index is 2320. The second-order valence-electron chi connectivity index (χ2n) is 25.1. The number of carboxylic acids is 1. The standard InChI is InChI=1S/C86H135NO8/c1-6-8-10-12-14-16-18-20-22-24-26-28-30-32-34-36-38-40-41-42-43-45-46-48-50-52-54-56-58-60-62-64-66-68-70-72-74-76-83(88)93-80-82(81-94-86(85(90)91)92-79-78-87(3,4)5)95-84(89)77-75-73-71-69-67-65-63-61-59-57-55-53-51-49-47-44-39-37-35-33-31-29-27-25-23-21-19-17-15-13-11-9-7-2/h8-11,14-17,20-23,26-29,32-35,38-40,42-44,49,51,55,57,61,63,67,69,82,86H,6-7,12-13,18-19,24-25,30-31,36-37,41,45-48,50,52-54,56,58-60,62,64-66,68,70-81H2,1-5H3/p+1/b10-8-,11-9-,16-14-,17-15-,22-20-,23-21-,28-26-,29-27-,34-32-,35-33-,40-38-,43-42-,44-39-,51-49-,57-55-,63-61-,69-67-. The lowest BCUT2D eigenvalue weighted by Crippen LogP contribution is -2.40. The van der Waals surface area contributed by atoms with Crippen molar-refractivity contribution in [2.75, 3.05) is 47.5 Å². The Morgan fingerprint density at radius 1 is 0.316 bits per heavy atom. The molecular weight excluding hydrogens is 1170 g/mol. The zero-order valence-electron chi connectivity index (χ0n) is 60.7. The monoisotopic (exact) mass is 1310 g/mol. The van der Waals surface area contributed by atoms with E-state index in [1.807, 2.05) is 21.1 Å². The smallest absolute Gasteiger partial charge is 0.361 e. The fourth-order valence-electron chi connectivity index (χ4n) is 9.43. The lowest BCUT2D eigenvalue weighted by molar-refractivity contribution is -0.870. The molecule has 0 aliphatic carbocycles. The van der Waals surface area contributed by atoms with E-state index in [0.29, 0.717) is 17.4 Å². The summed E-state index contributed by atoms with van der Waals surface area (Å²) in [6.07, 6.45) is 112. The van der Waals surface area contributed by atoms with Crippen LogP contribution in [0.4, 0.5) is 0 Å². The van der Waals surface area contributed by atoms with Gasteiger partial charge in [0, 0.05) is 12.8 Å². The number of hydrogen-bond acceptors (Lipinski definition) is 7. The molecule has 0 aromatic rings. The fraction of sp³-hybridized carbons (Fsp3) is 0.570. The van der Waals surface area contributed by atoms with Crippen molar-refractivity contribution >= 4 is 17.9 Å². The highest BCUT2D eigenvalue weighted by Crippen LogP contribution is 2.16. The van der Waals surface area contributed by atoms with Gasteiger partial charge in [-0.1, -0.05) is 304 Å². The third-order valence-electron chi connectivity index (χ3n) is 15.0. The van der Waals surface area contributed by atoms with Crippen LogP contribution in [0.1, 0.15) is 258 Å². The normalized spacial score (nSPS) is 13.9. The van der Waals surface area contributed by atoms with Gasteiger partial charge in [-0.05, 0) is 148 Å². The minimum atomic E-state index is -1.54. The average Bonchev–Trinajstić information content (AvgIpc) is 3.75. The van der Waals surface area contributed by atoms with Gasteiger partial charge in [0.1, 0.15) is 13.2 Å². The maximum Gasteiger partial charge on any atom is 0.361 e. The van der Waals surface area contributed by atoms with Gasteiger partial charge in [0.2, 0.25) is 0 Å². The maximum atomic E-state index is 12.9. The van der Waals surface area contributed by atoms with E-state index in [-0.39, 0.29) is 38.6 Å². The van der Waals surface area contributed by atoms with Gasteiger partial charge >= 0.3 is 17.9 Å². The molecule has 9 heteroatoms. The molecule has 0 aromatic carbocycles. The molecule has 0 rings (SSSR count). The molecule has 0 aromatic heterocycles. The SMILES string of the molecule is CC/C=C\C/C=C\C/C=C\C/C=C\C/C=C\C/C=C\C/C=C\C/C=C\C/C=C\C/C=C\CCCCC(=O)OC(COC(=O)CCCCCCCCCCCCCCCCC/C=C\C/C=C\C/C=C\C/C=C\C/C=C\C/C=C\C/C=C\CC)COC(OCC[N+](C)(C)C)C(=O)O. The average molecular weight is 1310 g/mol. The van der Waals surface area contributed by atoms with Gasteiger partial charge in [-0.2, -0.15) is 0 Å². The van der Waals surface area contributed by atoms with Crippen LogP contribution in [0.25, 0.3) is 0 Å². The Labute approximate surface area is 582 Å². The van der Waals surface area contributed by atoms with E-state index in [4.69, 9.17) is 18.9 Å². The quantitative estimate of drug-likeness (QED) is 0.0211. The van der Waals surface area contributed by atoms with Crippen LogP contribution < -0.4 is 0 Å². The van der Waals surface area contributed by atoms with E-state index in [1.54, 1.807) is 0 Å². The van der Waals surface area contributed by atoms with Gasteiger partial charge in [0.25, 0.3) is 6.29 Å². The number of rotatable bonds is 66. The molecule has 0 aliphatic rings. The first-order valence-electron chi connectivity index (χ1n) is 37.2. The van der Waals surface area contributed by atoms with E-state index >= 15 is 0 Å². The van der Waals surface area contributed by atoms with Crippen molar-refractivity contribution in [3.05, 3.63) is 207 Å². The van der Waals surface area contributed by atoms with Crippen molar-refractivity contribution in [2.45, 2.75) is 270 Å². The predicted molar refractivity (Wildman–Crippen MR) is 409 cm³/mol. The Hall–Kier alpha value is -6.13. The fourth-order valence-corrected chi connectivity index (χ4v) is 9.43. The molecule has 0 spiro atoms. The summed E-state index contributed by atoms with van der Waals surface area (Å²) in [4.78, 5) is 37.7. The number of nitrogens with zero attached hydrogens (tertiary/aromatic N) is 1. The second-order valence-corrected chi connectivity index (χ2v) is 25.1. The highest BCUT2D eigenvalue weighted by atomic mass is 16.7. The Balaban J connectivity index is 4.22. The number of carboxylic acid groups (broad SMARTS) is 1. The first-order valence-corrected chi connectivity index (χ1v) is 37.2. The second kappa shape index (κ2) is 73.7. The molecule has 0 amide bonds. The van der Waals surface area contributed by atoms with E-state index in [2.05, 4.69) is 220 Å². The molecule has 1 N–H and O–H groups in total. The molecule has 0 saturated carbocycles. The van der Waals surface area contributed by atoms with Crippen molar-refractivity contribution in [3.8, 4) is 0 Å². The molecule has 0 heterocycles. The third-order valence-corrected chi connectivity index (χ3v) is 15.0. The molecule has 0 aliphatic heterocycles. The van der Waals surface area contributed by atoms with Gasteiger partial charge < -0.3 is 28.5 Å². The highest BCUT2D eigenvalue weighted by molar-refractivity contribution is 5.71. The van der Waals surface area contributed by atoms with Crippen LogP contribution in [0.3, 0.4) is 0 Å². The van der Waals surface area contributed by atoms with Crippen LogP contribution in [0, 0.1) is 0 Å². The van der Waals surface area contributed by atoms with Gasteiger partial charge in [-0.15, -0.1) is 0 Å². The summed E-state index contributed by atoms with van der Waals surface area (Å²) in [7, 11) is 5.95. The Morgan fingerprint density at radius 3 is 0.863 bits per heavy atom. The first kappa shape index (κ1) is 88.9. The number of aliphatic carboxylic acids is 1. The largest absolute Gasteiger partial charge is 0.477 e. The molecule has 2 unspecified atom stereocenters. The van der Waals surface area contributed by atoms with Gasteiger partial charge in [-0.3, -0.25) is 9.59 Å². The molecular formula is C86H136NO8+. The molecule has 0 saturated heterocycles. The summed E-state index contributed by atoms with van der Waals surface area (Å²) in [6.45, 7) is 4.58. The molecule has 532 valence electrons. The number of carbonyl (C=O) groups is 3. The maximum absolute atomic E-state index is 12.9. The number of esters is 2. The zero-order chi connectivity index (χ0) is 69.0. The number of carbonyl (C=O) groups excluding carboxylic acids is 2. The predicted octanol–water partition coefficient (Wildman–Crippen LogP) is 23.9. The lowest BCUT2D eigenvalue weighted by Gasteiger charge is -2.25. The van der Waals surface area contributed by atoms with E-state index in [1.165, 1.54) is 83.5 Å². The topological polar surface area (TPSA) is 108 Å². The summed E-state index contributed by atoms with van der Waals surface area (Å²) in [6, 6.07) is 0. The van der Waals surface area contributed by atoms with Crippen molar-refractivity contribution in [3.63, 3.8) is 0 Å². The summed E-state index contributed by atoms with van der Waals surface area (Å²) in [5, 5.41) is 9.76. The Morgan fingerprint density at radius 2 is 0.568 bits per heavy atom. The highest BCUT2D eigenvalue weighted by Gasteiger charge is 2.25. The summed E-state index contributed by atoms with van der Waals surface area (Å²) < 4.78 is 22.9. The van der Waals surface area contributed by atoms with Crippen molar-refractivity contribution in [2.24, 2.45) is 0 Å². The van der Waals surface area contributed by atoms with E-state index in [0.717, 1.165) is 141 Å². The van der Waals surface area contributed by atoms with Crippen LogP contribution in [0.15, 0.2) is 207 Å². The van der Waals surface area contributed by atoms with E-state index < -0.39 is 24.3 Å². The Kier molecular flexibility index (Phi) is 68.9. The minimum Gasteiger partial charge on any atom is -0.477 e. The third kappa shape index (κ3) is 75.1. The minimum absolute atomic E-state index is 0.168. The van der Waals surface area contributed by atoms with Gasteiger partial charge in [0.05, 0.1) is 34.4 Å².